The second-order valence-electron chi connectivity index (χ2n) is 3.55. The van der Waals surface area contributed by atoms with Crippen LogP contribution >= 0.6 is 0 Å². The first kappa shape index (κ1) is 14.2. The molecule has 6 nitrogen and oxygen atoms in total. The van der Waals surface area contributed by atoms with E-state index in [1.54, 1.807) is 12.1 Å². The van der Waals surface area contributed by atoms with Crippen LogP contribution in [0.3, 0.4) is 0 Å². The van der Waals surface area contributed by atoms with Crippen molar-refractivity contribution in [1.29, 1.82) is 0 Å². The Kier molecular flexibility index (Phi) is 4.83. The molecule has 7 heteroatoms. The number of rotatable bonds is 3. The fourth-order valence-electron chi connectivity index (χ4n) is 1.15. The van der Waals surface area contributed by atoms with Crippen molar-refractivity contribution < 1.29 is 13.2 Å². The highest BCUT2D eigenvalue weighted by Gasteiger charge is 2.11. The van der Waals surface area contributed by atoms with Crippen molar-refractivity contribution in [3.8, 4) is 11.8 Å². The maximum atomic E-state index is 11.4. The third-order valence-corrected chi connectivity index (χ3v) is 2.54. The van der Waals surface area contributed by atoms with Crippen LogP contribution in [-0.4, -0.2) is 37.9 Å². The lowest BCUT2D eigenvalue weighted by Crippen LogP contribution is -2.22. The molecule has 0 unspecified atom stereocenters. The quantitative estimate of drug-likeness (QED) is 0.710. The Bertz CT molecular complexity index is 599. The molecule has 1 amide bonds. The van der Waals surface area contributed by atoms with Crippen molar-refractivity contribution >= 4 is 21.6 Å². The van der Waals surface area contributed by atoms with Crippen LogP contribution in [0.2, 0.25) is 0 Å². The molecule has 0 aliphatic heterocycles. The highest BCUT2D eigenvalue weighted by Crippen LogP contribution is 2.05. The lowest BCUT2D eigenvalue weighted by Gasteiger charge is -2.03. The summed E-state index contributed by atoms with van der Waals surface area (Å²) in [6.07, 6.45) is 2.46. The summed E-state index contributed by atoms with van der Waals surface area (Å²) in [7, 11) is -3.35. The zero-order valence-corrected chi connectivity index (χ0v) is 10.6. The summed E-state index contributed by atoms with van der Waals surface area (Å²) in [5, 5.41) is 2.39. The number of sulfone groups is 1. The summed E-state index contributed by atoms with van der Waals surface area (Å²) in [4.78, 5) is 15.3. The van der Waals surface area contributed by atoms with E-state index in [1.807, 2.05) is 0 Å². The summed E-state index contributed by atoms with van der Waals surface area (Å²) in [6, 6.07) is 3.21. The monoisotopic (exact) mass is 267 g/mol. The molecule has 0 aliphatic rings. The summed E-state index contributed by atoms with van der Waals surface area (Å²) in [5.41, 5.74) is 5.88. The molecule has 0 spiro atoms. The lowest BCUT2D eigenvalue weighted by molar-refractivity contribution is -0.113. The minimum Gasteiger partial charge on any atom is -0.320 e. The summed E-state index contributed by atoms with van der Waals surface area (Å²) in [5.74, 6) is 4.50. The molecule has 3 N–H and O–H groups in total. The summed E-state index contributed by atoms with van der Waals surface area (Å²) in [6.45, 7) is 0.234. The highest BCUT2D eigenvalue weighted by molar-refractivity contribution is 7.91. The Balaban J connectivity index is 2.76. The van der Waals surface area contributed by atoms with E-state index >= 15 is 0 Å². The smallest absolute Gasteiger partial charge is 0.240 e. The number of pyridine rings is 1. The zero-order valence-electron chi connectivity index (χ0n) is 9.80. The Labute approximate surface area is 106 Å². The number of aromatic nitrogens is 1. The maximum Gasteiger partial charge on any atom is 0.240 e. The standard InChI is InChI=1S/C11H13N3O3S/c1-18(16,17)8-11(15)14-10-7-9(3-2-5-12)4-6-13-10/h4,6-7H,5,8,12H2,1H3,(H,13,14,15). The third kappa shape index (κ3) is 5.43. The number of carbonyl (C=O) groups is 1. The molecular weight excluding hydrogens is 254 g/mol. The van der Waals surface area contributed by atoms with E-state index in [-0.39, 0.29) is 12.4 Å². The van der Waals surface area contributed by atoms with E-state index in [0.29, 0.717) is 5.56 Å². The van der Waals surface area contributed by atoms with E-state index in [4.69, 9.17) is 5.73 Å². The number of anilines is 1. The Morgan fingerprint density at radius 1 is 1.56 bits per heavy atom. The maximum absolute atomic E-state index is 11.4. The Morgan fingerprint density at radius 3 is 2.89 bits per heavy atom. The number of nitrogens with two attached hydrogens (primary N) is 1. The zero-order chi connectivity index (χ0) is 13.6. The first-order valence-electron chi connectivity index (χ1n) is 5.03. The van der Waals surface area contributed by atoms with Crippen molar-refractivity contribution in [2.45, 2.75) is 0 Å². The van der Waals surface area contributed by atoms with Crippen molar-refractivity contribution in [2.75, 3.05) is 23.9 Å². The van der Waals surface area contributed by atoms with Gasteiger partial charge in [0, 0.05) is 18.0 Å². The SMILES string of the molecule is CS(=O)(=O)CC(=O)Nc1cc(C#CCN)ccn1. The van der Waals surface area contributed by atoms with E-state index in [2.05, 4.69) is 22.1 Å². The van der Waals surface area contributed by atoms with Crippen molar-refractivity contribution in [3.05, 3.63) is 23.9 Å². The van der Waals surface area contributed by atoms with Crippen LogP contribution in [0.5, 0.6) is 0 Å². The van der Waals surface area contributed by atoms with Crippen LogP contribution in [0.25, 0.3) is 0 Å². The molecule has 1 rings (SSSR count). The number of nitrogens with zero attached hydrogens (tertiary/aromatic N) is 1. The van der Waals surface area contributed by atoms with E-state index in [0.717, 1.165) is 6.26 Å². The van der Waals surface area contributed by atoms with Crippen molar-refractivity contribution in [3.63, 3.8) is 0 Å². The summed E-state index contributed by atoms with van der Waals surface area (Å²) < 4.78 is 21.8. The van der Waals surface area contributed by atoms with Gasteiger partial charge in [-0.25, -0.2) is 13.4 Å². The van der Waals surface area contributed by atoms with Gasteiger partial charge in [0.25, 0.3) is 0 Å². The molecule has 0 aliphatic carbocycles. The molecule has 18 heavy (non-hydrogen) atoms. The fraction of sp³-hybridized carbons (Fsp3) is 0.273. The molecule has 0 saturated heterocycles. The van der Waals surface area contributed by atoms with Crippen LogP contribution in [0.4, 0.5) is 5.82 Å². The van der Waals surface area contributed by atoms with Gasteiger partial charge in [0.15, 0.2) is 9.84 Å². The molecule has 0 radical (unpaired) electrons. The molecule has 1 aromatic heterocycles. The molecule has 1 heterocycles. The highest BCUT2D eigenvalue weighted by atomic mass is 32.2. The van der Waals surface area contributed by atoms with Gasteiger partial charge in [-0.05, 0) is 12.1 Å². The Hall–Kier alpha value is -1.91. The van der Waals surface area contributed by atoms with Gasteiger partial charge in [0.05, 0.1) is 6.54 Å². The van der Waals surface area contributed by atoms with Gasteiger partial charge < -0.3 is 11.1 Å². The number of nitrogens with one attached hydrogen (secondary N) is 1. The van der Waals surface area contributed by atoms with Gasteiger partial charge in [-0.3, -0.25) is 4.79 Å². The van der Waals surface area contributed by atoms with Gasteiger partial charge in [-0.15, -0.1) is 0 Å². The van der Waals surface area contributed by atoms with Gasteiger partial charge >= 0.3 is 0 Å². The van der Waals surface area contributed by atoms with Crippen molar-refractivity contribution in [2.24, 2.45) is 5.73 Å². The van der Waals surface area contributed by atoms with Crippen LogP contribution < -0.4 is 11.1 Å². The van der Waals surface area contributed by atoms with E-state index < -0.39 is 21.5 Å². The normalized spacial score (nSPS) is 10.3. The van der Waals surface area contributed by atoms with Gasteiger partial charge in [-0.2, -0.15) is 0 Å². The first-order chi connectivity index (χ1) is 8.40. The van der Waals surface area contributed by atoms with Crippen LogP contribution in [0.15, 0.2) is 18.3 Å². The Morgan fingerprint density at radius 2 is 2.28 bits per heavy atom. The molecule has 0 atom stereocenters. The number of hydrogen-bond donors (Lipinski definition) is 2. The second kappa shape index (κ2) is 6.14. The molecular formula is C11H13N3O3S. The predicted molar refractivity (Wildman–Crippen MR) is 68.5 cm³/mol. The summed E-state index contributed by atoms with van der Waals surface area (Å²) >= 11 is 0. The largest absolute Gasteiger partial charge is 0.320 e. The fourth-order valence-corrected chi connectivity index (χ4v) is 1.70. The molecule has 0 aromatic carbocycles. The second-order valence-corrected chi connectivity index (χ2v) is 5.69. The third-order valence-electron chi connectivity index (χ3n) is 1.76. The van der Waals surface area contributed by atoms with Crippen LogP contribution in [0, 0.1) is 11.8 Å². The number of hydrogen-bond acceptors (Lipinski definition) is 5. The average Bonchev–Trinajstić information content (AvgIpc) is 2.24. The molecule has 0 saturated carbocycles. The topological polar surface area (TPSA) is 102 Å². The van der Waals surface area contributed by atoms with Gasteiger partial charge in [0.1, 0.15) is 11.6 Å². The minimum atomic E-state index is -3.35. The molecule has 96 valence electrons. The van der Waals surface area contributed by atoms with E-state index in [9.17, 15) is 13.2 Å². The van der Waals surface area contributed by atoms with Gasteiger partial charge in [0.2, 0.25) is 5.91 Å². The van der Waals surface area contributed by atoms with Gasteiger partial charge in [-0.1, -0.05) is 11.8 Å². The molecule has 0 fully saturated rings. The first-order valence-corrected chi connectivity index (χ1v) is 7.09. The van der Waals surface area contributed by atoms with Crippen LogP contribution in [-0.2, 0) is 14.6 Å². The average molecular weight is 267 g/mol. The van der Waals surface area contributed by atoms with E-state index in [1.165, 1.54) is 6.20 Å². The molecule has 0 bridgehead atoms. The number of amides is 1. The lowest BCUT2D eigenvalue weighted by atomic mass is 10.2. The predicted octanol–water partition coefficient (Wildman–Crippen LogP) is -0.625. The van der Waals surface area contributed by atoms with Crippen LogP contribution in [0.1, 0.15) is 5.56 Å². The molecule has 1 aromatic rings. The minimum absolute atomic E-state index is 0.234. The number of carbonyl (C=O) groups excluding carboxylic acids is 1. The van der Waals surface area contributed by atoms with Crippen molar-refractivity contribution in [1.82, 2.24) is 4.98 Å².